The maximum Gasteiger partial charge on any atom is 0.410 e. The Balaban J connectivity index is 2.32. The second-order valence-corrected chi connectivity index (χ2v) is 7.38. The van der Waals surface area contributed by atoms with Gasteiger partial charge in [0.2, 0.25) is 0 Å². The number of carbonyl (C=O) groups is 1. The Morgan fingerprint density at radius 3 is 2.46 bits per heavy atom. The first-order valence-electron chi connectivity index (χ1n) is 8.24. The van der Waals surface area contributed by atoms with Crippen LogP contribution < -0.4 is 10.5 Å². The average molecular weight is 332 g/mol. The summed E-state index contributed by atoms with van der Waals surface area (Å²) in [6.07, 6.45) is 1.69. The highest BCUT2D eigenvalue weighted by molar-refractivity contribution is 5.72. The van der Waals surface area contributed by atoms with E-state index in [0.717, 1.165) is 29.5 Å². The molecule has 0 bridgehead atoms. The fraction of sp³-hybridized carbons (Fsp3) is 0.526. The molecule has 0 radical (unpaired) electrons. The van der Waals surface area contributed by atoms with Crippen LogP contribution in [0.15, 0.2) is 18.7 Å². The molecule has 0 aromatic heterocycles. The molecular weight excluding hydrogens is 304 g/mol. The van der Waals surface area contributed by atoms with Gasteiger partial charge in [0.25, 0.3) is 0 Å². The van der Waals surface area contributed by atoms with E-state index in [-0.39, 0.29) is 12.1 Å². The number of nitrogens with zero attached hydrogens (tertiary/aromatic N) is 1. The molecule has 0 heterocycles. The fourth-order valence-corrected chi connectivity index (χ4v) is 2.56. The third-order valence-electron chi connectivity index (χ3n) is 3.85. The molecule has 0 aliphatic heterocycles. The number of nitrogens with two attached hydrogens (primary N) is 1. The maximum atomic E-state index is 12.6. The fourth-order valence-electron chi connectivity index (χ4n) is 2.56. The second kappa shape index (κ2) is 6.75. The highest BCUT2D eigenvalue weighted by Crippen LogP contribution is 2.35. The zero-order valence-electron chi connectivity index (χ0n) is 15.3. The largest absolute Gasteiger partial charge is 0.494 e. The van der Waals surface area contributed by atoms with Crippen LogP contribution in [0.25, 0.3) is 5.57 Å². The van der Waals surface area contributed by atoms with E-state index in [4.69, 9.17) is 15.2 Å². The lowest BCUT2D eigenvalue weighted by atomic mass is 10.0. The van der Waals surface area contributed by atoms with Crippen molar-refractivity contribution in [1.82, 2.24) is 4.90 Å². The van der Waals surface area contributed by atoms with Crippen molar-refractivity contribution in [2.75, 3.05) is 12.8 Å². The van der Waals surface area contributed by atoms with Crippen LogP contribution in [0.4, 0.5) is 10.5 Å². The number of amides is 1. The third-order valence-corrected chi connectivity index (χ3v) is 3.85. The summed E-state index contributed by atoms with van der Waals surface area (Å²) < 4.78 is 11.0. The second-order valence-electron chi connectivity index (χ2n) is 7.38. The third kappa shape index (κ3) is 4.43. The van der Waals surface area contributed by atoms with Gasteiger partial charge in [0.05, 0.1) is 19.3 Å². The van der Waals surface area contributed by atoms with Crippen LogP contribution in [0.5, 0.6) is 5.75 Å². The zero-order valence-corrected chi connectivity index (χ0v) is 15.3. The Hall–Kier alpha value is -2.17. The number of carbonyl (C=O) groups excluding carboxylic acids is 1. The average Bonchev–Trinajstić information content (AvgIpc) is 3.26. The predicted molar refractivity (Wildman–Crippen MR) is 96.9 cm³/mol. The SMILES string of the molecule is C=C(C)c1cc(N)c(OC)c(CN(C(=O)OC(C)(C)C)C2CC2)c1. The molecule has 132 valence electrons. The van der Waals surface area contributed by atoms with E-state index in [0.29, 0.717) is 18.0 Å². The maximum absolute atomic E-state index is 12.6. The molecule has 1 saturated carbocycles. The first kappa shape index (κ1) is 18.2. The number of rotatable bonds is 5. The number of allylic oxidation sites excluding steroid dienone is 1. The Kier molecular flexibility index (Phi) is 5.11. The summed E-state index contributed by atoms with van der Waals surface area (Å²) >= 11 is 0. The molecule has 0 unspecified atom stereocenters. The summed E-state index contributed by atoms with van der Waals surface area (Å²) in [6, 6.07) is 4.05. The Morgan fingerprint density at radius 1 is 1.38 bits per heavy atom. The van der Waals surface area contributed by atoms with Gasteiger partial charge < -0.3 is 20.1 Å². The van der Waals surface area contributed by atoms with Gasteiger partial charge in [-0.05, 0) is 58.2 Å². The van der Waals surface area contributed by atoms with E-state index in [1.165, 1.54) is 0 Å². The first-order valence-corrected chi connectivity index (χ1v) is 8.24. The molecule has 0 atom stereocenters. The van der Waals surface area contributed by atoms with Crippen molar-refractivity contribution >= 4 is 17.4 Å². The minimum absolute atomic E-state index is 0.222. The highest BCUT2D eigenvalue weighted by Gasteiger charge is 2.35. The van der Waals surface area contributed by atoms with Crippen LogP contribution in [0.3, 0.4) is 0 Å². The molecule has 5 heteroatoms. The summed E-state index contributed by atoms with van der Waals surface area (Å²) in [7, 11) is 1.59. The van der Waals surface area contributed by atoms with Crippen molar-refractivity contribution < 1.29 is 14.3 Å². The summed E-state index contributed by atoms with van der Waals surface area (Å²) in [5.74, 6) is 0.606. The van der Waals surface area contributed by atoms with Crippen molar-refractivity contribution in [2.45, 2.75) is 58.7 Å². The van der Waals surface area contributed by atoms with Crippen LogP contribution in [-0.4, -0.2) is 29.7 Å². The molecule has 24 heavy (non-hydrogen) atoms. The Bertz CT molecular complexity index is 643. The van der Waals surface area contributed by atoms with Crippen LogP contribution in [-0.2, 0) is 11.3 Å². The number of benzene rings is 1. The van der Waals surface area contributed by atoms with Crippen molar-refractivity contribution in [3.05, 3.63) is 29.8 Å². The number of methoxy groups -OCH3 is 1. The van der Waals surface area contributed by atoms with Gasteiger partial charge in [0.15, 0.2) is 0 Å². The van der Waals surface area contributed by atoms with Crippen molar-refractivity contribution in [2.24, 2.45) is 0 Å². The molecule has 2 N–H and O–H groups in total. The molecule has 1 aromatic rings. The molecule has 1 aliphatic carbocycles. The quantitative estimate of drug-likeness (QED) is 0.820. The molecular formula is C19H28N2O3. The van der Waals surface area contributed by atoms with Crippen LogP contribution in [0, 0.1) is 0 Å². The van der Waals surface area contributed by atoms with E-state index in [2.05, 4.69) is 6.58 Å². The smallest absolute Gasteiger partial charge is 0.410 e. The van der Waals surface area contributed by atoms with Crippen molar-refractivity contribution in [3.63, 3.8) is 0 Å². The van der Waals surface area contributed by atoms with Gasteiger partial charge in [-0.2, -0.15) is 0 Å². The van der Waals surface area contributed by atoms with Gasteiger partial charge in [0, 0.05) is 11.6 Å². The minimum atomic E-state index is -0.521. The van der Waals surface area contributed by atoms with Gasteiger partial charge in [-0.25, -0.2) is 4.79 Å². The molecule has 1 aromatic carbocycles. The Morgan fingerprint density at radius 2 is 2.00 bits per heavy atom. The Labute approximate surface area is 144 Å². The number of ether oxygens (including phenoxy) is 2. The van der Waals surface area contributed by atoms with Gasteiger partial charge in [-0.1, -0.05) is 12.2 Å². The summed E-state index contributed by atoms with van der Waals surface area (Å²) in [6.45, 7) is 11.9. The number of nitrogen functional groups attached to an aromatic ring is 1. The van der Waals surface area contributed by atoms with E-state index in [9.17, 15) is 4.79 Å². The molecule has 1 aliphatic rings. The molecule has 0 spiro atoms. The monoisotopic (exact) mass is 332 g/mol. The molecule has 1 fully saturated rings. The highest BCUT2D eigenvalue weighted by atomic mass is 16.6. The number of anilines is 1. The van der Waals surface area contributed by atoms with Crippen molar-refractivity contribution in [1.29, 1.82) is 0 Å². The normalized spacial score (nSPS) is 14.2. The predicted octanol–water partition coefficient (Wildman–Crippen LogP) is 4.21. The summed E-state index contributed by atoms with van der Waals surface area (Å²) in [5, 5.41) is 0. The van der Waals surface area contributed by atoms with Crippen LogP contribution >= 0.6 is 0 Å². The standard InChI is InChI=1S/C19H28N2O3/c1-12(2)13-9-14(17(23-6)16(20)10-13)11-21(15-7-8-15)18(22)24-19(3,4)5/h9-10,15H,1,7-8,11,20H2,2-6H3. The zero-order chi connectivity index (χ0) is 18.1. The van der Waals surface area contributed by atoms with Crippen molar-refractivity contribution in [3.8, 4) is 5.75 Å². The van der Waals surface area contributed by atoms with Crippen LogP contribution in [0.1, 0.15) is 51.7 Å². The molecule has 2 rings (SSSR count). The lowest BCUT2D eigenvalue weighted by Crippen LogP contribution is -2.38. The van der Waals surface area contributed by atoms with Gasteiger partial charge in [0.1, 0.15) is 11.4 Å². The van der Waals surface area contributed by atoms with E-state index < -0.39 is 5.60 Å². The van der Waals surface area contributed by atoms with E-state index in [1.807, 2.05) is 39.8 Å². The van der Waals surface area contributed by atoms with Gasteiger partial charge in [-0.15, -0.1) is 0 Å². The molecule has 0 saturated heterocycles. The minimum Gasteiger partial charge on any atom is -0.494 e. The van der Waals surface area contributed by atoms with Gasteiger partial charge in [-0.3, -0.25) is 0 Å². The lowest BCUT2D eigenvalue weighted by molar-refractivity contribution is 0.0215. The lowest BCUT2D eigenvalue weighted by Gasteiger charge is -2.28. The van der Waals surface area contributed by atoms with E-state index >= 15 is 0 Å². The summed E-state index contributed by atoms with van der Waals surface area (Å²) in [5.41, 5.74) is 8.88. The topological polar surface area (TPSA) is 64.8 Å². The first-order chi connectivity index (χ1) is 11.1. The van der Waals surface area contributed by atoms with Crippen LogP contribution in [0.2, 0.25) is 0 Å². The molecule has 5 nitrogen and oxygen atoms in total. The molecule has 1 amide bonds. The number of hydrogen-bond donors (Lipinski definition) is 1. The number of hydrogen-bond acceptors (Lipinski definition) is 4. The van der Waals surface area contributed by atoms with Gasteiger partial charge >= 0.3 is 6.09 Å². The van der Waals surface area contributed by atoms with E-state index in [1.54, 1.807) is 12.0 Å². The summed E-state index contributed by atoms with van der Waals surface area (Å²) in [4.78, 5) is 14.3.